The highest BCUT2D eigenvalue weighted by molar-refractivity contribution is 6.10. The van der Waals surface area contributed by atoms with Gasteiger partial charge in [-0.2, -0.15) is 0 Å². The number of nitrogens with one attached hydrogen (secondary N) is 1. The van der Waals surface area contributed by atoms with Crippen LogP contribution in [0.5, 0.6) is 0 Å². The van der Waals surface area contributed by atoms with E-state index in [0.29, 0.717) is 38.3 Å². The lowest BCUT2D eigenvalue weighted by atomic mass is 10.1. The molecule has 0 spiro atoms. The number of ketones is 1. The molecule has 1 saturated heterocycles. The van der Waals surface area contributed by atoms with Crippen molar-refractivity contribution in [3.63, 3.8) is 0 Å². The Morgan fingerprint density at radius 1 is 1.04 bits per heavy atom. The predicted octanol–water partition coefficient (Wildman–Crippen LogP) is 3.26. The third-order valence-corrected chi connectivity index (χ3v) is 5.27. The fourth-order valence-electron chi connectivity index (χ4n) is 3.83. The second-order valence-electron chi connectivity index (χ2n) is 7.17. The normalized spacial score (nSPS) is 15.1. The molecule has 1 aromatic heterocycles. The number of para-hydroxylation sites is 1. The minimum absolute atomic E-state index is 0.0832. The zero-order valence-corrected chi connectivity index (χ0v) is 15.7. The fraction of sp³-hybridized carbons (Fsp3) is 0.273. The van der Waals surface area contributed by atoms with E-state index in [1.165, 1.54) is 12.1 Å². The molecule has 144 valence electrons. The van der Waals surface area contributed by atoms with Crippen LogP contribution < -0.4 is 0 Å². The van der Waals surface area contributed by atoms with Crippen molar-refractivity contribution in [3.8, 4) is 0 Å². The van der Waals surface area contributed by atoms with Gasteiger partial charge in [0.2, 0.25) is 0 Å². The van der Waals surface area contributed by atoms with Crippen LogP contribution in [0.25, 0.3) is 10.9 Å². The number of benzene rings is 2. The zero-order valence-electron chi connectivity index (χ0n) is 15.7. The van der Waals surface area contributed by atoms with Crippen molar-refractivity contribution in [3.05, 3.63) is 71.2 Å². The molecule has 0 radical (unpaired) electrons. The summed E-state index contributed by atoms with van der Waals surface area (Å²) >= 11 is 0. The van der Waals surface area contributed by atoms with E-state index in [4.69, 9.17) is 0 Å². The maximum absolute atomic E-state index is 13.4. The SMILES string of the molecule is Cc1[nH]c2ccccc2c1C(=O)CN1CCN(C(=O)c2cccc(F)c2)CC1. The molecular weight excluding hydrogens is 357 g/mol. The van der Waals surface area contributed by atoms with Gasteiger partial charge in [0.25, 0.3) is 5.91 Å². The molecular formula is C22H22FN3O2. The van der Waals surface area contributed by atoms with Gasteiger partial charge in [0, 0.05) is 53.9 Å². The van der Waals surface area contributed by atoms with Crippen LogP contribution in [-0.4, -0.2) is 59.2 Å². The molecule has 0 bridgehead atoms. The summed E-state index contributed by atoms with van der Waals surface area (Å²) in [6.45, 7) is 4.53. The number of rotatable bonds is 4. The van der Waals surface area contributed by atoms with E-state index in [1.807, 2.05) is 31.2 Å². The van der Waals surface area contributed by atoms with Gasteiger partial charge >= 0.3 is 0 Å². The number of amides is 1. The van der Waals surface area contributed by atoms with Crippen LogP contribution in [0.2, 0.25) is 0 Å². The van der Waals surface area contributed by atoms with E-state index in [-0.39, 0.29) is 11.7 Å². The Labute approximate surface area is 162 Å². The fourth-order valence-corrected chi connectivity index (χ4v) is 3.83. The number of hydrogen-bond acceptors (Lipinski definition) is 3. The highest BCUT2D eigenvalue weighted by atomic mass is 19.1. The minimum atomic E-state index is -0.413. The number of piperazine rings is 1. The summed E-state index contributed by atoms with van der Waals surface area (Å²) in [6.07, 6.45) is 0. The molecule has 0 saturated carbocycles. The predicted molar refractivity (Wildman–Crippen MR) is 106 cm³/mol. The van der Waals surface area contributed by atoms with Gasteiger partial charge in [-0.3, -0.25) is 14.5 Å². The van der Waals surface area contributed by atoms with Gasteiger partial charge in [0.1, 0.15) is 5.82 Å². The number of hydrogen-bond donors (Lipinski definition) is 1. The van der Waals surface area contributed by atoms with E-state index in [1.54, 1.807) is 17.0 Å². The smallest absolute Gasteiger partial charge is 0.254 e. The molecule has 6 heteroatoms. The lowest BCUT2D eigenvalue weighted by Gasteiger charge is -2.34. The van der Waals surface area contributed by atoms with Gasteiger partial charge < -0.3 is 9.88 Å². The van der Waals surface area contributed by atoms with Crippen LogP contribution in [-0.2, 0) is 0 Å². The number of aromatic amines is 1. The average Bonchev–Trinajstić information content (AvgIpc) is 3.04. The molecule has 0 atom stereocenters. The monoisotopic (exact) mass is 379 g/mol. The number of carbonyl (C=O) groups excluding carboxylic acids is 2. The molecule has 1 N–H and O–H groups in total. The number of aryl methyl sites for hydroxylation is 1. The second kappa shape index (κ2) is 7.56. The van der Waals surface area contributed by atoms with E-state index in [2.05, 4.69) is 9.88 Å². The second-order valence-corrected chi connectivity index (χ2v) is 7.17. The quantitative estimate of drug-likeness (QED) is 0.708. The number of H-pyrrole nitrogens is 1. The Morgan fingerprint density at radius 2 is 1.79 bits per heavy atom. The number of carbonyl (C=O) groups is 2. The average molecular weight is 379 g/mol. The van der Waals surface area contributed by atoms with Gasteiger partial charge in [-0.15, -0.1) is 0 Å². The Kier molecular flexibility index (Phi) is 4.96. The van der Waals surface area contributed by atoms with Crippen LogP contribution in [0.1, 0.15) is 26.4 Å². The lowest BCUT2D eigenvalue weighted by molar-refractivity contribution is 0.0624. The number of aromatic nitrogens is 1. The van der Waals surface area contributed by atoms with Crippen LogP contribution in [0.15, 0.2) is 48.5 Å². The van der Waals surface area contributed by atoms with E-state index in [0.717, 1.165) is 22.2 Å². The van der Waals surface area contributed by atoms with Gasteiger partial charge in [0.15, 0.2) is 5.78 Å². The Hall–Kier alpha value is -2.99. The topological polar surface area (TPSA) is 56.4 Å². The Balaban J connectivity index is 1.40. The van der Waals surface area contributed by atoms with Crippen molar-refractivity contribution in [1.29, 1.82) is 0 Å². The number of nitrogens with zero attached hydrogens (tertiary/aromatic N) is 2. The van der Waals surface area contributed by atoms with E-state index in [9.17, 15) is 14.0 Å². The molecule has 1 fully saturated rings. The summed E-state index contributed by atoms with van der Waals surface area (Å²) in [5.41, 5.74) is 2.95. The Bertz CT molecular complexity index is 1040. The maximum Gasteiger partial charge on any atom is 0.254 e. The molecule has 0 unspecified atom stereocenters. The third kappa shape index (κ3) is 3.55. The lowest BCUT2D eigenvalue weighted by Crippen LogP contribution is -2.49. The largest absolute Gasteiger partial charge is 0.358 e. The molecule has 2 aromatic carbocycles. The van der Waals surface area contributed by atoms with Gasteiger partial charge in [-0.05, 0) is 31.2 Å². The molecule has 1 aliphatic heterocycles. The first kappa shape index (κ1) is 18.4. The maximum atomic E-state index is 13.4. The van der Waals surface area contributed by atoms with Crippen LogP contribution in [0.3, 0.4) is 0 Å². The third-order valence-electron chi connectivity index (χ3n) is 5.27. The van der Waals surface area contributed by atoms with Gasteiger partial charge in [-0.1, -0.05) is 24.3 Å². The van der Waals surface area contributed by atoms with E-state index >= 15 is 0 Å². The molecule has 0 aliphatic carbocycles. The summed E-state index contributed by atoms with van der Waals surface area (Å²) in [7, 11) is 0. The van der Waals surface area contributed by atoms with Crippen LogP contribution in [0.4, 0.5) is 4.39 Å². The van der Waals surface area contributed by atoms with Crippen LogP contribution in [0, 0.1) is 12.7 Å². The van der Waals surface area contributed by atoms with Crippen LogP contribution >= 0.6 is 0 Å². The summed E-state index contributed by atoms with van der Waals surface area (Å²) in [4.78, 5) is 32.5. The molecule has 28 heavy (non-hydrogen) atoms. The van der Waals surface area contributed by atoms with Crippen molar-refractivity contribution in [1.82, 2.24) is 14.8 Å². The molecule has 1 amide bonds. The molecule has 5 nitrogen and oxygen atoms in total. The summed E-state index contributed by atoms with van der Waals surface area (Å²) in [5, 5.41) is 0.949. The summed E-state index contributed by atoms with van der Waals surface area (Å²) in [5.74, 6) is -0.498. The molecule has 2 heterocycles. The first-order valence-electron chi connectivity index (χ1n) is 9.40. The van der Waals surface area contributed by atoms with Crippen molar-refractivity contribution in [2.45, 2.75) is 6.92 Å². The first-order chi connectivity index (χ1) is 13.5. The van der Waals surface area contributed by atoms with Gasteiger partial charge in [-0.25, -0.2) is 4.39 Å². The molecule has 1 aliphatic rings. The highest BCUT2D eigenvalue weighted by Gasteiger charge is 2.25. The minimum Gasteiger partial charge on any atom is -0.358 e. The summed E-state index contributed by atoms with van der Waals surface area (Å²) in [6, 6.07) is 13.6. The molecule has 4 rings (SSSR count). The Morgan fingerprint density at radius 3 is 2.54 bits per heavy atom. The van der Waals surface area contributed by atoms with Crippen molar-refractivity contribution in [2.24, 2.45) is 0 Å². The zero-order chi connectivity index (χ0) is 19.7. The van der Waals surface area contributed by atoms with Crippen molar-refractivity contribution in [2.75, 3.05) is 32.7 Å². The number of fused-ring (bicyclic) bond motifs is 1. The molecule has 3 aromatic rings. The number of halogens is 1. The first-order valence-corrected chi connectivity index (χ1v) is 9.40. The number of Topliss-reactive ketones (excluding diaryl/α,β-unsaturated/α-hetero) is 1. The summed E-state index contributed by atoms with van der Waals surface area (Å²) < 4.78 is 13.4. The van der Waals surface area contributed by atoms with E-state index < -0.39 is 5.82 Å². The standard InChI is InChI=1S/C22H22FN3O2/c1-15-21(18-7-2-3-8-19(18)24-15)20(27)14-25-9-11-26(12-10-25)22(28)16-5-4-6-17(23)13-16/h2-8,13,24H,9-12,14H2,1H3. The van der Waals surface area contributed by atoms with Crippen molar-refractivity contribution >= 4 is 22.6 Å². The van der Waals surface area contributed by atoms with Gasteiger partial charge in [0.05, 0.1) is 6.54 Å². The highest BCUT2D eigenvalue weighted by Crippen LogP contribution is 2.22. The van der Waals surface area contributed by atoms with Crippen molar-refractivity contribution < 1.29 is 14.0 Å².